The minimum atomic E-state index is -0.558. The van der Waals surface area contributed by atoms with Crippen LogP contribution in [0.1, 0.15) is 27.4 Å². The second kappa shape index (κ2) is 4.93. The van der Waals surface area contributed by atoms with Crippen LogP contribution < -0.4 is 4.90 Å². The van der Waals surface area contributed by atoms with Crippen molar-refractivity contribution in [1.29, 1.82) is 0 Å². The van der Waals surface area contributed by atoms with E-state index in [1.54, 1.807) is 25.1 Å². The molecule has 0 saturated carbocycles. The summed E-state index contributed by atoms with van der Waals surface area (Å²) in [6.07, 6.45) is 0. The second-order valence-corrected chi connectivity index (χ2v) is 5.38. The van der Waals surface area contributed by atoms with E-state index in [0.717, 1.165) is 5.56 Å². The molecular weight excluding hydrogens is 290 g/mol. The van der Waals surface area contributed by atoms with E-state index in [1.165, 1.54) is 4.90 Å². The van der Waals surface area contributed by atoms with Crippen LogP contribution in [0.5, 0.6) is 0 Å². The maximum absolute atomic E-state index is 12.1. The first-order valence-corrected chi connectivity index (χ1v) is 6.80. The first-order chi connectivity index (χ1) is 9.95. The van der Waals surface area contributed by atoms with Crippen molar-refractivity contribution in [1.82, 2.24) is 9.97 Å². The summed E-state index contributed by atoms with van der Waals surface area (Å²) in [4.78, 5) is 33.9. The maximum Gasteiger partial charge on any atom is 0.299 e. The molecule has 0 bridgehead atoms. The van der Waals surface area contributed by atoms with Gasteiger partial charge in [0.2, 0.25) is 0 Å². The van der Waals surface area contributed by atoms with E-state index < -0.39 is 11.7 Å². The highest BCUT2D eigenvalue weighted by molar-refractivity contribution is 6.52. The monoisotopic (exact) mass is 301 g/mol. The number of benzene rings is 1. The first kappa shape index (κ1) is 13.7. The van der Waals surface area contributed by atoms with Crippen molar-refractivity contribution in [3.05, 3.63) is 52.1 Å². The number of carbonyl (C=O) groups excluding carboxylic acids is 2. The lowest BCUT2D eigenvalue weighted by Gasteiger charge is -2.15. The smallest absolute Gasteiger partial charge is 0.297 e. The van der Waals surface area contributed by atoms with Gasteiger partial charge in [-0.05, 0) is 32.0 Å². The minimum absolute atomic E-state index is 0.127. The number of halogens is 1. The molecule has 1 aromatic carbocycles. The fourth-order valence-electron chi connectivity index (χ4n) is 2.37. The Hall–Kier alpha value is -2.27. The molecule has 0 N–H and O–H groups in total. The number of aryl methyl sites for hydroxylation is 2. The number of hydrogen-bond acceptors (Lipinski definition) is 4. The van der Waals surface area contributed by atoms with Crippen LogP contribution in [0, 0.1) is 13.8 Å². The fourth-order valence-corrected chi connectivity index (χ4v) is 2.63. The van der Waals surface area contributed by atoms with Gasteiger partial charge in [-0.2, -0.15) is 0 Å². The molecule has 1 amide bonds. The van der Waals surface area contributed by atoms with Gasteiger partial charge >= 0.3 is 0 Å². The van der Waals surface area contributed by atoms with Crippen molar-refractivity contribution in [3.8, 4) is 0 Å². The van der Waals surface area contributed by atoms with Crippen LogP contribution in [0.3, 0.4) is 0 Å². The standard InChI is InChI=1S/C15H12ClN3O2/c1-8-3-4-11-10(5-8)14(20)15(21)19(11)7-13-17-9(2)6-12(16)18-13/h3-6H,7H2,1-2H3. The number of carbonyl (C=O) groups is 2. The molecule has 3 rings (SSSR count). The van der Waals surface area contributed by atoms with Gasteiger partial charge in [-0.15, -0.1) is 0 Å². The lowest BCUT2D eigenvalue weighted by atomic mass is 10.1. The van der Waals surface area contributed by atoms with Gasteiger partial charge in [-0.1, -0.05) is 23.2 Å². The van der Waals surface area contributed by atoms with Crippen LogP contribution in [0.15, 0.2) is 24.3 Å². The van der Waals surface area contributed by atoms with Crippen LogP contribution >= 0.6 is 11.6 Å². The van der Waals surface area contributed by atoms with Gasteiger partial charge in [0.25, 0.3) is 11.7 Å². The Labute approximate surface area is 126 Å². The Morgan fingerprint density at radius 1 is 1.14 bits per heavy atom. The van der Waals surface area contributed by atoms with E-state index in [-0.39, 0.29) is 6.54 Å². The Morgan fingerprint density at radius 3 is 2.62 bits per heavy atom. The quantitative estimate of drug-likeness (QED) is 0.631. The van der Waals surface area contributed by atoms with Crippen LogP contribution in [-0.2, 0) is 11.3 Å². The molecule has 2 aromatic rings. The van der Waals surface area contributed by atoms with Crippen molar-refractivity contribution >= 4 is 29.0 Å². The summed E-state index contributed by atoms with van der Waals surface area (Å²) in [6.45, 7) is 3.80. The number of rotatable bonds is 2. The molecule has 1 aliphatic rings. The summed E-state index contributed by atoms with van der Waals surface area (Å²) in [5, 5.41) is 0.319. The number of ketones is 1. The summed E-state index contributed by atoms with van der Waals surface area (Å²) >= 11 is 5.90. The number of fused-ring (bicyclic) bond motifs is 1. The third kappa shape index (κ3) is 2.40. The number of amides is 1. The van der Waals surface area contributed by atoms with Crippen LogP contribution in [0.4, 0.5) is 5.69 Å². The average Bonchev–Trinajstić information content (AvgIpc) is 2.63. The van der Waals surface area contributed by atoms with Crippen molar-refractivity contribution in [2.24, 2.45) is 0 Å². The number of anilines is 1. The van der Waals surface area contributed by atoms with Gasteiger partial charge in [-0.3, -0.25) is 14.5 Å². The topological polar surface area (TPSA) is 63.2 Å². The first-order valence-electron chi connectivity index (χ1n) is 6.42. The van der Waals surface area contributed by atoms with E-state index in [1.807, 2.05) is 13.0 Å². The molecule has 0 spiro atoms. The lowest BCUT2D eigenvalue weighted by molar-refractivity contribution is -0.114. The summed E-state index contributed by atoms with van der Waals surface area (Å²) in [5.41, 5.74) is 2.68. The SMILES string of the molecule is Cc1ccc2c(c1)C(=O)C(=O)N2Cc1nc(C)cc(Cl)n1. The molecule has 1 aliphatic heterocycles. The molecular formula is C15H12ClN3O2. The number of Topliss-reactive ketones (excluding diaryl/α,β-unsaturated/α-hetero) is 1. The predicted octanol–water partition coefficient (Wildman–Crippen LogP) is 2.48. The lowest BCUT2D eigenvalue weighted by Crippen LogP contribution is -2.30. The van der Waals surface area contributed by atoms with Crippen molar-refractivity contribution in [2.75, 3.05) is 4.90 Å². The molecule has 0 saturated heterocycles. The van der Waals surface area contributed by atoms with Crippen LogP contribution in [0.2, 0.25) is 5.15 Å². The van der Waals surface area contributed by atoms with Gasteiger partial charge in [-0.25, -0.2) is 9.97 Å². The molecule has 6 heteroatoms. The van der Waals surface area contributed by atoms with Gasteiger partial charge in [0.05, 0.1) is 17.8 Å². The van der Waals surface area contributed by atoms with Crippen molar-refractivity contribution < 1.29 is 9.59 Å². The van der Waals surface area contributed by atoms with Crippen LogP contribution in [-0.4, -0.2) is 21.7 Å². The number of aromatic nitrogens is 2. The molecule has 0 aliphatic carbocycles. The van der Waals surface area contributed by atoms with E-state index >= 15 is 0 Å². The van der Waals surface area contributed by atoms with Gasteiger partial charge in [0, 0.05) is 5.69 Å². The number of nitrogens with zero attached hydrogens (tertiary/aromatic N) is 3. The fraction of sp³-hybridized carbons (Fsp3) is 0.200. The van der Waals surface area contributed by atoms with E-state index in [9.17, 15) is 9.59 Å². The molecule has 0 atom stereocenters. The predicted molar refractivity (Wildman–Crippen MR) is 78.5 cm³/mol. The largest absolute Gasteiger partial charge is 0.299 e. The highest BCUT2D eigenvalue weighted by Gasteiger charge is 2.36. The van der Waals surface area contributed by atoms with E-state index in [4.69, 9.17) is 11.6 Å². The Bertz CT molecular complexity index is 753. The summed E-state index contributed by atoms with van der Waals surface area (Å²) in [7, 11) is 0. The van der Waals surface area contributed by atoms with E-state index in [0.29, 0.717) is 27.9 Å². The highest BCUT2D eigenvalue weighted by atomic mass is 35.5. The number of hydrogen-bond donors (Lipinski definition) is 0. The third-order valence-corrected chi connectivity index (χ3v) is 3.49. The molecule has 21 heavy (non-hydrogen) atoms. The summed E-state index contributed by atoms with van der Waals surface area (Å²) in [6, 6.07) is 6.99. The normalized spacial score (nSPS) is 13.8. The van der Waals surface area contributed by atoms with Gasteiger partial charge < -0.3 is 0 Å². The zero-order valence-corrected chi connectivity index (χ0v) is 12.3. The molecule has 0 unspecified atom stereocenters. The Morgan fingerprint density at radius 2 is 1.90 bits per heavy atom. The third-order valence-electron chi connectivity index (χ3n) is 3.30. The van der Waals surface area contributed by atoms with Crippen LogP contribution in [0.25, 0.3) is 0 Å². The van der Waals surface area contributed by atoms with Gasteiger partial charge in [0.15, 0.2) is 0 Å². The molecule has 1 aromatic heterocycles. The highest BCUT2D eigenvalue weighted by Crippen LogP contribution is 2.30. The molecule has 5 nitrogen and oxygen atoms in total. The van der Waals surface area contributed by atoms with Crippen molar-refractivity contribution in [2.45, 2.75) is 20.4 Å². The minimum Gasteiger partial charge on any atom is -0.297 e. The second-order valence-electron chi connectivity index (χ2n) is 4.99. The summed E-state index contributed by atoms with van der Waals surface area (Å²) < 4.78 is 0. The molecule has 2 heterocycles. The average molecular weight is 302 g/mol. The zero-order valence-electron chi connectivity index (χ0n) is 11.6. The Kier molecular flexibility index (Phi) is 3.22. The van der Waals surface area contributed by atoms with Gasteiger partial charge in [0.1, 0.15) is 11.0 Å². The molecule has 0 fully saturated rings. The molecule has 106 valence electrons. The zero-order chi connectivity index (χ0) is 15.1. The Balaban J connectivity index is 2.00. The summed E-state index contributed by atoms with van der Waals surface area (Å²) in [5.74, 6) is -0.640. The maximum atomic E-state index is 12.1. The van der Waals surface area contributed by atoms with E-state index in [2.05, 4.69) is 9.97 Å². The molecule has 0 radical (unpaired) electrons. The van der Waals surface area contributed by atoms with Crippen molar-refractivity contribution in [3.63, 3.8) is 0 Å².